The zero-order valence-corrected chi connectivity index (χ0v) is 10.7. The summed E-state index contributed by atoms with van der Waals surface area (Å²) in [6.45, 7) is 0.243. The lowest BCUT2D eigenvalue weighted by Gasteiger charge is -2.12. The standard InChI is InChI=1S/C12H15ClN2O3/c13-11-6-3-7-12(15(16)17)10(11)8-14-18-9-4-1-2-5-9/h3,6-7,9,14H,1-2,4-5,8H2. The number of hydroxylamine groups is 1. The van der Waals surface area contributed by atoms with Crippen molar-refractivity contribution in [1.29, 1.82) is 0 Å². The Labute approximate surface area is 110 Å². The van der Waals surface area contributed by atoms with Crippen LogP contribution in [0.2, 0.25) is 5.02 Å². The Morgan fingerprint density at radius 2 is 2.17 bits per heavy atom. The summed E-state index contributed by atoms with van der Waals surface area (Å²) in [5.41, 5.74) is 3.27. The van der Waals surface area contributed by atoms with E-state index in [0.717, 1.165) is 12.8 Å². The van der Waals surface area contributed by atoms with Crippen molar-refractivity contribution >= 4 is 17.3 Å². The number of nitro groups is 1. The molecule has 1 aliphatic carbocycles. The van der Waals surface area contributed by atoms with Gasteiger partial charge < -0.3 is 0 Å². The molecule has 0 heterocycles. The molecule has 0 spiro atoms. The average molecular weight is 271 g/mol. The monoisotopic (exact) mass is 270 g/mol. The van der Waals surface area contributed by atoms with Gasteiger partial charge in [0.05, 0.1) is 28.2 Å². The highest BCUT2D eigenvalue weighted by atomic mass is 35.5. The van der Waals surface area contributed by atoms with Crippen LogP contribution < -0.4 is 5.48 Å². The van der Waals surface area contributed by atoms with Crippen molar-refractivity contribution in [2.75, 3.05) is 0 Å². The van der Waals surface area contributed by atoms with Crippen molar-refractivity contribution in [3.8, 4) is 0 Å². The van der Waals surface area contributed by atoms with Crippen LogP contribution in [0, 0.1) is 10.1 Å². The molecule has 6 heteroatoms. The van der Waals surface area contributed by atoms with Crippen LogP contribution in [0.3, 0.4) is 0 Å². The van der Waals surface area contributed by atoms with E-state index in [1.165, 1.54) is 18.9 Å². The summed E-state index contributed by atoms with van der Waals surface area (Å²) >= 11 is 5.97. The first-order valence-electron chi connectivity index (χ1n) is 5.99. The topological polar surface area (TPSA) is 64.4 Å². The Morgan fingerprint density at radius 1 is 1.44 bits per heavy atom. The van der Waals surface area contributed by atoms with Gasteiger partial charge in [-0.25, -0.2) is 0 Å². The SMILES string of the molecule is O=[N+]([O-])c1cccc(Cl)c1CNOC1CCCC1. The van der Waals surface area contributed by atoms with Gasteiger partial charge in [-0.3, -0.25) is 15.0 Å². The first-order chi connectivity index (χ1) is 8.68. The van der Waals surface area contributed by atoms with Gasteiger partial charge in [0.1, 0.15) is 0 Å². The molecule has 1 saturated carbocycles. The van der Waals surface area contributed by atoms with Crippen molar-refractivity contribution in [3.63, 3.8) is 0 Å². The van der Waals surface area contributed by atoms with Crippen molar-refractivity contribution in [3.05, 3.63) is 38.9 Å². The number of hydrogen-bond donors (Lipinski definition) is 1. The van der Waals surface area contributed by atoms with Crippen LogP contribution in [0.15, 0.2) is 18.2 Å². The highest BCUT2D eigenvalue weighted by Gasteiger charge is 2.18. The molecule has 1 aromatic rings. The van der Waals surface area contributed by atoms with Crippen LogP contribution in [0.5, 0.6) is 0 Å². The molecular weight excluding hydrogens is 256 g/mol. The maximum absolute atomic E-state index is 10.9. The number of nitrogens with one attached hydrogen (secondary N) is 1. The minimum atomic E-state index is -0.432. The zero-order valence-electron chi connectivity index (χ0n) is 9.89. The summed E-state index contributed by atoms with van der Waals surface area (Å²) in [7, 11) is 0. The largest absolute Gasteiger partial charge is 0.298 e. The van der Waals surface area contributed by atoms with E-state index in [2.05, 4.69) is 5.48 Å². The molecule has 0 aliphatic heterocycles. The molecular formula is C12H15ClN2O3. The third kappa shape index (κ3) is 3.19. The van der Waals surface area contributed by atoms with Gasteiger partial charge in [0.25, 0.3) is 5.69 Å². The van der Waals surface area contributed by atoms with Gasteiger partial charge in [0.15, 0.2) is 0 Å². The normalized spacial score (nSPS) is 16.1. The van der Waals surface area contributed by atoms with Gasteiger partial charge in [-0.1, -0.05) is 30.5 Å². The summed E-state index contributed by atoms with van der Waals surface area (Å²) in [6.07, 6.45) is 4.65. The second-order valence-electron chi connectivity index (χ2n) is 4.34. The van der Waals surface area contributed by atoms with Crippen molar-refractivity contribution in [2.24, 2.45) is 0 Å². The first kappa shape index (κ1) is 13.3. The second-order valence-corrected chi connectivity index (χ2v) is 4.75. The molecule has 5 nitrogen and oxygen atoms in total. The highest BCUT2D eigenvalue weighted by molar-refractivity contribution is 6.31. The highest BCUT2D eigenvalue weighted by Crippen LogP contribution is 2.26. The van der Waals surface area contributed by atoms with Gasteiger partial charge in [0.2, 0.25) is 0 Å². The molecule has 0 aromatic heterocycles. The van der Waals surface area contributed by atoms with E-state index in [-0.39, 0.29) is 18.3 Å². The third-order valence-corrected chi connectivity index (χ3v) is 3.45. The van der Waals surface area contributed by atoms with Gasteiger partial charge in [-0.2, -0.15) is 5.48 Å². The second kappa shape index (κ2) is 6.13. The molecule has 1 aromatic carbocycles. The van der Waals surface area contributed by atoms with Crippen LogP contribution >= 0.6 is 11.6 Å². The maximum Gasteiger partial charge on any atom is 0.275 e. The molecule has 1 fully saturated rings. The zero-order chi connectivity index (χ0) is 13.0. The quantitative estimate of drug-likeness (QED) is 0.659. The average Bonchev–Trinajstić information content (AvgIpc) is 2.84. The van der Waals surface area contributed by atoms with E-state index < -0.39 is 4.92 Å². The minimum Gasteiger partial charge on any atom is -0.298 e. The molecule has 1 N–H and O–H groups in total. The van der Waals surface area contributed by atoms with E-state index in [1.54, 1.807) is 12.1 Å². The van der Waals surface area contributed by atoms with Crippen LogP contribution in [0.1, 0.15) is 31.2 Å². The Morgan fingerprint density at radius 3 is 2.83 bits per heavy atom. The Kier molecular flexibility index (Phi) is 4.52. The summed E-state index contributed by atoms with van der Waals surface area (Å²) in [5, 5.41) is 11.3. The number of rotatable bonds is 5. The fraction of sp³-hybridized carbons (Fsp3) is 0.500. The van der Waals surface area contributed by atoms with Gasteiger partial charge >= 0.3 is 0 Å². The summed E-state index contributed by atoms with van der Waals surface area (Å²) < 4.78 is 0. The molecule has 98 valence electrons. The summed E-state index contributed by atoms with van der Waals surface area (Å²) in [4.78, 5) is 15.9. The lowest BCUT2D eigenvalue weighted by Crippen LogP contribution is -2.21. The van der Waals surface area contributed by atoms with E-state index in [1.807, 2.05) is 0 Å². The van der Waals surface area contributed by atoms with Gasteiger partial charge in [0, 0.05) is 6.07 Å². The number of benzene rings is 1. The van der Waals surface area contributed by atoms with Crippen LogP contribution in [-0.2, 0) is 11.4 Å². The van der Waals surface area contributed by atoms with E-state index in [9.17, 15) is 10.1 Å². The van der Waals surface area contributed by atoms with Gasteiger partial charge in [-0.05, 0) is 18.9 Å². The molecule has 18 heavy (non-hydrogen) atoms. The van der Waals surface area contributed by atoms with E-state index in [4.69, 9.17) is 16.4 Å². The molecule has 0 amide bonds. The van der Waals surface area contributed by atoms with Crippen molar-refractivity contribution in [2.45, 2.75) is 38.3 Å². The molecule has 2 rings (SSSR count). The Hall–Kier alpha value is -1.17. The fourth-order valence-corrected chi connectivity index (χ4v) is 2.37. The van der Waals surface area contributed by atoms with E-state index in [0.29, 0.717) is 10.6 Å². The number of halogens is 1. The summed E-state index contributed by atoms with van der Waals surface area (Å²) in [5.74, 6) is 0. The predicted octanol–water partition coefficient (Wildman–Crippen LogP) is 3.21. The smallest absolute Gasteiger partial charge is 0.275 e. The predicted molar refractivity (Wildman–Crippen MR) is 68.3 cm³/mol. The lowest BCUT2D eigenvalue weighted by molar-refractivity contribution is -0.385. The molecule has 0 unspecified atom stereocenters. The van der Waals surface area contributed by atoms with Crippen LogP contribution in [-0.4, -0.2) is 11.0 Å². The molecule has 0 radical (unpaired) electrons. The van der Waals surface area contributed by atoms with Crippen molar-refractivity contribution in [1.82, 2.24) is 5.48 Å². The van der Waals surface area contributed by atoms with Gasteiger partial charge in [-0.15, -0.1) is 0 Å². The first-order valence-corrected chi connectivity index (χ1v) is 6.36. The van der Waals surface area contributed by atoms with Crippen LogP contribution in [0.4, 0.5) is 5.69 Å². The molecule has 0 saturated heterocycles. The Balaban J connectivity index is 1.97. The Bertz CT molecular complexity index is 433. The fourth-order valence-electron chi connectivity index (χ4n) is 2.13. The lowest BCUT2D eigenvalue weighted by atomic mass is 10.2. The third-order valence-electron chi connectivity index (χ3n) is 3.09. The number of nitro benzene ring substituents is 1. The summed E-state index contributed by atoms with van der Waals surface area (Å²) in [6, 6.07) is 4.65. The van der Waals surface area contributed by atoms with Crippen molar-refractivity contribution < 1.29 is 9.76 Å². The molecule has 0 atom stereocenters. The number of hydrogen-bond acceptors (Lipinski definition) is 4. The molecule has 0 bridgehead atoms. The molecule has 1 aliphatic rings. The van der Waals surface area contributed by atoms with Crippen LogP contribution in [0.25, 0.3) is 0 Å². The maximum atomic E-state index is 10.9. The number of nitrogens with zero attached hydrogens (tertiary/aromatic N) is 1. The van der Waals surface area contributed by atoms with E-state index >= 15 is 0 Å². The minimum absolute atomic E-state index is 0.0185.